The van der Waals surface area contributed by atoms with Crippen LogP contribution in [-0.4, -0.2) is 54.0 Å². The highest BCUT2D eigenvalue weighted by atomic mass is 16.5. The largest absolute Gasteiger partial charge is 0.486 e. The molecule has 1 aromatic carbocycles. The fraction of sp³-hybridized carbons (Fsp3) is 0.421. The highest BCUT2D eigenvalue weighted by molar-refractivity contribution is 5.74. The molecular formula is C19H24N8O2. The molecule has 3 heterocycles. The van der Waals surface area contributed by atoms with E-state index in [-0.39, 0.29) is 12.6 Å². The number of amides is 2. The smallest absolute Gasteiger partial charge is 0.317 e. The van der Waals surface area contributed by atoms with Crippen LogP contribution in [0.1, 0.15) is 36.2 Å². The van der Waals surface area contributed by atoms with Crippen LogP contribution >= 0.6 is 0 Å². The molecule has 29 heavy (non-hydrogen) atoms. The number of para-hydroxylation sites is 1. The number of piperidine rings is 1. The van der Waals surface area contributed by atoms with Crippen LogP contribution in [0.15, 0.2) is 36.7 Å². The molecule has 0 unspecified atom stereocenters. The Kier molecular flexibility index (Phi) is 5.68. The van der Waals surface area contributed by atoms with Gasteiger partial charge in [-0.15, -0.1) is 10.2 Å². The third kappa shape index (κ3) is 4.71. The first-order valence-electron chi connectivity index (χ1n) is 9.63. The molecule has 2 amide bonds. The maximum atomic E-state index is 12.4. The number of urea groups is 1. The molecule has 4 rings (SSSR count). The summed E-state index contributed by atoms with van der Waals surface area (Å²) in [6.45, 7) is 1.94. The quantitative estimate of drug-likeness (QED) is 0.654. The Bertz CT molecular complexity index is 931. The van der Waals surface area contributed by atoms with E-state index in [1.54, 1.807) is 6.33 Å². The van der Waals surface area contributed by atoms with E-state index in [0.717, 1.165) is 24.4 Å². The lowest BCUT2D eigenvalue weighted by atomic mass is 9.96. The number of carbonyl (C=O) groups excluding carboxylic acids is 1. The molecule has 0 aliphatic carbocycles. The van der Waals surface area contributed by atoms with Gasteiger partial charge >= 0.3 is 6.03 Å². The Morgan fingerprint density at radius 2 is 2.07 bits per heavy atom. The van der Waals surface area contributed by atoms with Gasteiger partial charge in [0.25, 0.3) is 0 Å². The third-order valence-corrected chi connectivity index (χ3v) is 4.99. The van der Waals surface area contributed by atoms with Gasteiger partial charge in [0.2, 0.25) is 0 Å². The number of carbonyl (C=O) groups is 1. The predicted octanol–water partition coefficient (Wildman–Crippen LogP) is 1.60. The van der Waals surface area contributed by atoms with Crippen molar-refractivity contribution in [2.45, 2.75) is 31.9 Å². The molecule has 0 atom stereocenters. The molecule has 2 N–H and O–H groups in total. The van der Waals surface area contributed by atoms with Crippen molar-refractivity contribution in [1.82, 2.24) is 40.2 Å². The monoisotopic (exact) mass is 396 g/mol. The summed E-state index contributed by atoms with van der Waals surface area (Å²) in [6.07, 6.45) is 3.47. The number of rotatable bonds is 6. The van der Waals surface area contributed by atoms with Gasteiger partial charge in [-0.1, -0.05) is 18.2 Å². The number of ether oxygens (including phenoxy) is 1. The molecule has 10 nitrogen and oxygen atoms in total. The van der Waals surface area contributed by atoms with Crippen LogP contribution in [0.4, 0.5) is 4.79 Å². The van der Waals surface area contributed by atoms with Gasteiger partial charge in [-0.05, 0) is 25.0 Å². The summed E-state index contributed by atoms with van der Waals surface area (Å²) >= 11 is 0. The van der Waals surface area contributed by atoms with Crippen molar-refractivity contribution in [2.75, 3.05) is 13.1 Å². The zero-order valence-corrected chi connectivity index (χ0v) is 16.3. The van der Waals surface area contributed by atoms with E-state index in [0.29, 0.717) is 37.3 Å². The number of hydrogen-bond acceptors (Lipinski definition) is 6. The van der Waals surface area contributed by atoms with Crippen LogP contribution in [-0.2, 0) is 20.2 Å². The molecule has 1 aliphatic rings. The summed E-state index contributed by atoms with van der Waals surface area (Å²) in [7, 11) is 1.95. The number of likely N-dealkylation sites (tertiary alicyclic amines) is 1. The number of nitrogens with zero attached hydrogens (tertiary/aromatic N) is 6. The average molecular weight is 396 g/mol. The Labute approximate surface area is 168 Å². The van der Waals surface area contributed by atoms with E-state index in [4.69, 9.17) is 4.74 Å². The molecule has 3 aromatic rings. The zero-order valence-electron chi connectivity index (χ0n) is 16.3. The maximum absolute atomic E-state index is 12.4. The number of aromatic nitrogens is 6. The summed E-state index contributed by atoms with van der Waals surface area (Å²) in [5, 5.41) is 18.0. The first kappa shape index (κ1) is 18.9. The second-order valence-corrected chi connectivity index (χ2v) is 7.02. The van der Waals surface area contributed by atoms with E-state index in [9.17, 15) is 4.79 Å². The minimum absolute atomic E-state index is 0.103. The molecule has 152 valence electrons. The van der Waals surface area contributed by atoms with E-state index in [1.807, 2.05) is 46.8 Å². The second-order valence-electron chi connectivity index (χ2n) is 7.02. The van der Waals surface area contributed by atoms with Crippen molar-refractivity contribution in [2.24, 2.45) is 7.05 Å². The lowest BCUT2D eigenvalue weighted by molar-refractivity contribution is 0.179. The number of benzene rings is 1. The minimum Gasteiger partial charge on any atom is -0.486 e. The van der Waals surface area contributed by atoms with E-state index in [2.05, 4.69) is 30.7 Å². The van der Waals surface area contributed by atoms with E-state index >= 15 is 0 Å². The number of H-pyrrole nitrogens is 1. The van der Waals surface area contributed by atoms with Crippen molar-refractivity contribution < 1.29 is 9.53 Å². The van der Waals surface area contributed by atoms with Gasteiger partial charge in [0, 0.05) is 26.1 Å². The third-order valence-electron chi connectivity index (χ3n) is 4.99. The second kappa shape index (κ2) is 8.72. The van der Waals surface area contributed by atoms with Crippen LogP contribution in [0, 0.1) is 0 Å². The van der Waals surface area contributed by atoms with Gasteiger partial charge < -0.3 is 19.5 Å². The number of nitrogens with one attached hydrogen (secondary N) is 2. The maximum Gasteiger partial charge on any atom is 0.317 e. The summed E-state index contributed by atoms with van der Waals surface area (Å²) in [4.78, 5) is 18.6. The van der Waals surface area contributed by atoms with Gasteiger partial charge in [-0.2, -0.15) is 5.10 Å². The van der Waals surface area contributed by atoms with Gasteiger partial charge in [-0.3, -0.25) is 5.10 Å². The Balaban J connectivity index is 1.21. The molecular weight excluding hydrogens is 372 g/mol. The summed E-state index contributed by atoms with van der Waals surface area (Å²) in [5.74, 6) is 3.23. The van der Waals surface area contributed by atoms with Crippen LogP contribution in [0.25, 0.3) is 0 Å². The SMILES string of the molecule is Cn1cnnc1C1CCN(C(=O)NCc2n[nH]c(COc3ccccc3)n2)CC1. The van der Waals surface area contributed by atoms with E-state index < -0.39 is 0 Å². The van der Waals surface area contributed by atoms with Crippen LogP contribution in [0.5, 0.6) is 5.75 Å². The predicted molar refractivity (Wildman–Crippen MR) is 104 cm³/mol. The average Bonchev–Trinajstić information content (AvgIpc) is 3.40. The normalized spacial score (nSPS) is 14.7. The molecule has 0 saturated carbocycles. The molecule has 1 fully saturated rings. The summed E-state index contributed by atoms with van der Waals surface area (Å²) < 4.78 is 7.58. The molecule has 0 bridgehead atoms. The van der Waals surface area contributed by atoms with Crippen molar-refractivity contribution >= 4 is 6.03 Å². The standard InChI is InChI=1S/C19H24N8O2/c1-26-13-21-25-18(26)14-7-9-27(10-8-14)19(28)20-11-16-22-17(24-23-16)12-29-15-5-3-2-4-6-15/h2-6,13-14H,7-12H2,1H3,(H,20,28)(H,22,23,24). The van der Waals surface area contributed by atoms with Crippen LogP contribution < -0.4 is 10.1 Å². The van der Waals surface area contributed by atoms with Crippen molar-refractivity contribution in [3.8, 4) is 5.75 Å². The summed E-state index contributed by atoms with van der Waals surface area (Å²) in [5.41, 5.74) is 0. The number of aryl methyl sites for hydroxylation is 1. The fourth-order valence-electron chi connectivity index (χ4n) is 3.42. The van der Waals surface area contributed by atoms with Crippen molar-refractivity contribution in [3.63, 3.8) is 0 Å². The minimum atomic E-state index is -0.103. The molecule has 1 saturated heterocycles. The highest BCUT2D eigenvalue weighted by Crippen LogP contribution is 2.25. The van der Waals surface area contributed by atoms with Gasteiger partial charge in [0.15, 0.2) is 11.6 Å². The molecule has 0 spiro atoms. The number of aromatic amines is 1. The van der Waals surface area contributed by atoms with Crippen molar-refractivity contribution in [1.29, 1.82) is 0 Å². The fourth-order valence-corrected chi connectivity index (χ4v) is 3.42. The zero-order chi connectivity index (χ0) is 20.1. The molecule has 2 aromatic heterocycles. The van der Waals surface area contributed by atoms with E-state index in [1.165, 1.54) is 0 Å². The van der Waals surface area contributed by atoms with Crippen LogP contribution in [0.3, 0.4) is 0 Å². The first-order chi connectivity index (χ1) is 14.2. The van der Waals surface area contributed by atoms with Gasteiger partial charge in [0.1, 0.15) is 24.5 Å². The number of hydrogen-bond donors (Lipinski definition) is 2. The Morgan fingerprint density at radius 1 is 1.28 bits per heavy atom. The highest BCUT2D eigenvalue weighted by Gasteiger charge is 2.26. The van der Waals surface area contributed by atoms with Crippen LogP contribution in [0.2, 0.25) is 0 Å². The molecule has 10 heteroatoms. The molecule has 1 aliphatic heterocycles. The van der Waals surface area contributed by atoms with Gasteiger partial charge in [0.05, 0.1) is 6.54 Å². The molecule has 0 radical (unpaired) electrons. The van der Waals surface area contributed by atoms with Crippen molar-refractivity contribution in [3.05, 3.63) is 54.1 Å². The Hall–Kier alpha value is -3.43. The first-order valence-corrected chi connectivity index (χ1v) is 9.63. The lowest BCUT2D eigenvalue weighted by Gasteiger charge is -2.31. The lowest BCUT2D eigenvalue weighted by Crippen LogP contribution is -2.44. The topological polar surface area (TPSA) is 114 Å². The summed E-state index contributed by atoms with van der Waals surface area (Å²) in [6, 6.07) is 9.41. The van der Waals surface area contributed by atoms with Gasteiger partial charge in [-0.25, -0.2) is 9.78 Å². The Morgan fingerprint density at radius 3 is 2.79 bits per heavy atom.